The van der Waals surface area contributed by atoms with E-state index in [-0.39, 0.29) is 23.2 Å². The lowest BCUT2D eigenvalue weighted by Gasteiger charge is -2.17. The number of hydrogen-bond acceptors (Lipinski definition) is 6. The molecule has 2 aromatic carbocycles. The van der Waals surface area contributed by atoms with Crippen molar-refractivity contribution in [2.45, 2.75) is 13.8 Å². The first-order chi connectivity index (χ1) is 18.2. The van der Waals surface area contributed by atoms with Gasteiger partial charge in [0.15, 0.2) is 0 Å². The minimum atomic E-state index is -0.355. The van der Waals surface area contributed by atoms with Gasteiger partial charge in [0, 0.05) is 35.9 Å². The molecule has 0 aliphatic heterocycles. The van der Waals surface area contributed by atoms with E-state index in [0.29, 0.717) is 31.8 Å². The average molecular weight is 640 g/mol. The number of amides is 2. The molecule has 4 rings (SSSR count). The fraction of sp³-hybridized carbons (Fsp3) is 0.143. The molecule has 0 fully saturated rings. The molecule has 38 heavy (non-hydrogen) atoms. The predicted molar refractivity (Wildman–Crippen MR) is 154 cm³/mol. The molecule has 0 radical (unpaired) electrons. The fourth-order valence-corrected chi connectivity index (χ4v) is 4.66. The van der Waals surface area contributed by atoms with Crippen molar-refractivity contribution in [1.82, 2.24) is 9.97 Å². The summed E-state index contributed by atoms with van der Waals surface area (Å²) >= 11 is 6.69. The van der Waals surface area contributed by atoms with Gasteiger partial charge in [-0.3, -0.25) is 9.59 Å². The second kappa shape index (κ2) is 11.7. The Morgan fingerprint density at radius 3 is 1.47 bits per heavy atom. The van der Waals surface area contributed by atoms with Crippen molar-refractivity contribution in [3.63, 3.8) is 0 Å². The number of rotatable bonds is 7. The molecule has 2 amide bonds. The van der Waals surface area contributed by atoms with Crippen LogP contribution in [0.4, 0.5) is 11.4 Å². The summed E-state index contributed by atoms with van der Waals surface area (Å²) in [5.74, 6) is 0.321. The lowest BCUT2D eigenvalue weighted by Crippen LogP contribution is -2.15. The van der Waals surface area contributed by atoms with E-state index in [0.717, 1.165) is 22.3 Å². The van der Waals surface area contributed by atoms with Crippen LogP contribution in [-0.4, -0.2) is 36.0 Å². The highest BCUT2D eigenvalue weighted by Crippen LogP contribution is 2.34. The number of benzene rings is 2. The lowest BCUT2D eigenvalue weighted by molar-refractivity contribution is 0.101. The number of anilines is 2. The second-order valence-electron chi connectivity index (χ2n) is 8.27. The highest BCUT2D eigenvalue weighted by molar-refractivity contribution is 9.10. The van der Waals surface area contributed by atoms with Crippen molar-refractivity contribution in [1.29, 1.82) is 0 Å². The maximum Gasteiger partial charge on any atom is 0.274 e. The standard InChI is InChI=1S/C28H24Br2N4O4/c1-15-17(7-5-9-21(15)33-27(35)23-11-25(37-3)19(29)13-31-23)18-8-6-10-22(16(18)2)34-28(36)24-12-26(38-4)20(30)14-32-24/h5-14H,1-4H3,(H,33,35)(H,34,36). The summed E-state index contributed by atoms with van der Waals surface area (Å²) in [6.07, 6.45) is 3.06. The SMILES string of the molecule is COc1cc(C(=O)Nc2cccc(-c3cccc(NC(=O)c4cc(OC)c(Br)cn4)c3C)c2C)ncc1Br. The quantitative estimate of drug-likeness (QED) is 0.230. The third-order valence-electron chi connectivity index (χ3n) is 6.00. The largest absolute Gasteiger partial charge is 0.495 e. The van der Waals surface area contributed by atoms with Gasteiger partial charge in [-0.15, -0.1) is 0 Å². The number of pyridine rings is 2. The third-order valence-corrected chi connectivity index (χ3v) is 7.19. The summed E-state index contributed by atoms with van der Waals surface area (Å²) < 4.78 is 11.9. The third kappa shape index (κ3) is 5.71. The van der Waals surface area contributed by atoms with E-state index in [2.05, 4.69) is 52.5 Å². The van der Waals surface area contributed by atoms with E-state index >= 15 is 0 Å². The first kappa shape index (κ1) is 27.3. The molecule has 2 heterocycles. The zero-order valence-corrected chi connectivity index (χ0v) is 24.2. The second-order valence-corrected chi connectivity index (χ2v) is 9.98. The Bertz CT molecular complexity index is 1430. The number of aromatic nitrogens is 2. The molecular formula is C28H24Br2N4O4. The lowest BCUT2D eigenvalue weighted by atomic mass is 9.94. The van der Waals surface area contributed by atoms with E-state index in [1.807, 2.05) is 50.2 Å². The van der Waals surface area contributed by atoms with Crippen molar-refractivity contribution < 1.29 is 19.1 Å². The Kier molecular flexibility index (Phi) is 8.43. The zero-order chi connectivity index (χ0) is 27.4. The van der Waals surface area contributed by atoms with Gasteiger partial charge in [0.25, 0.3) is 11.8 Å². The molecule has 2 N–H and O–H groups in total. The van der Waals surface area contributed by atoms with Crippen LogP contribution in [0.15, 0.2) is 69.9 Å². The van der Waals surface area contributed by atoms with Crippen LogP contribution in [0.2, 0.25) is 0 Å². The predicted octanol–water partition coefficient (Wildman–Crippen LogP) is 6.81. The first-order valence-corrected chi connectivity index (χ1v) is 13.0. The molecular weight excluding hydrogens is 616 g/mol. The molecule has 0 unspecified atom stereocenters. The van der Waals surface area contributed by atoms with Crippen LogP contribution >= 0.6 is 31.9 Å². The van der Waals surface area contributed by atoms with Gasteiger partial charge < -0.3 is 20.1 Å². The first-order valence-electron chi connectivity index (χ1n) is 11.4. The van der Waals surface area contributed by atoms with E-state index < -0.39 is 0 Å². The average Bonchev–Trinajstić information content (AvgIpc) is 2.91. The Labute approximate surface area is 237 Å². The Morgan fingerprint density at radius 1 is 0.711 bits per heavy atom. The number of carbonyl (C=O) groups is 2. The van der Waals surface area contributed by atoms with Gasteiger partial charge in [0.05, 0.1) is 23.2 Å². The van der Waals surface area contributed by atoms with E-state index in [9.17, 15) is 9.59 Å². The van der Waals surface area contributed by atoms with E-state index in [4.69, 9.17) is 9.47 Å². The summed E-state index contributed by atoms with van der Waals surface area (Å²) in [4.78, 5) is 34.2. The molecule has 10 heteroatoms. The number of nitrogens with one attached hydrogen (secondary N) is 2. The molecule has 0 bridgehead atoms. The van der Waals surface area contributed by atoms with Crippen molar-refractivity contribution in [2.75, 3.05) is 24.9 Å². The van der Waals surface area contributed by atoms with Gasteiger partial charge in [-0.1, -0.05) is 24.3 Å². The van der Waals surface area contributed by atoms with Gasteiger partial charge in [-0.2, -0.15) is 0 Å². The fourth-order valence-electron chi connectivity index (χ4n) is 3.90. The summed E-state index contributed by atoms with van der Waals surface area (Å²) in [7, 11) is 3.06. The van der Waals surface area contributed by atoms with Crippen LogP contribution in [0.1, 0.15) is 32.1 Å². The zero-order valence-electron chi connectivity index (χ0n) is 21.1. The van der Waals surface area contributed by atoms with E-state index in [1.165, 1.54) is 26.6 Å². The molecule has 0 spiro atoms. The highest BCUT2D eigenvalue weighted by atomic mass is 79.9. The van der Waals surface area contributed by atoms with Gasteiger partial charge in [-0.25, -0.2) is 9.97 Å². The van der Waals surface area contributed by atoms with Crippen LogP contribution in [0.3, 0.4) is 0 Å². The van der Waals surface area contributed by atoms with Crippen LogP contribution < -0.4 is 20.1 Å². The molecule has 0 aliphatic rings. The monoisotopic (exact) mass is 638 g/mol. The number of halogens is 2. The molecule has 0 saturated heterocycles. The van der Waals surface area contributed by atoms with Crippen molar-refractivity contribution in [2.24, 2.45) is 0 Å². The van der Waals surface area contributed by atoms with Crippen molar-refractivity contribution in [3.05, 3.63) is 92.4 Å². The number of nitrogens with zero attached hydrogens (tertiary/aromatic N) is 2. The molecule has 2 aromatic heterocycles. The molecule has 0 saturated carbocycles. The molecule has 0 atom stereocenters. The normalized spacial score (nSPS) is 10.6. The number of hydrogen-bond donors (Lipinski definition) is 2. The highest BCUT2D eigenvalue weighted by Gasteiger charge is 2.17. The van der Waals surface area contributed by atoms with Crippen LogP contribution in [0.5, 0.6) is 11.5 Å². The molecule has 194 valence electrons. The van der Waals surface area contributed by atoms with Gasteiger partial charge >= 0.3 is 0 Å². The van der Waals surface area contributed by atoms with Crippen LogP contribution in [0, 0.1) is 13.8 Å². The summed E-state index contributed by atoms with van der Waals surface area (Å²) in [6.45, 7) is 3.87. The Hall–Kier alpha value is -3.76. The van der Waals surface area contributed by atoms with E-state index in [1.54, 1.807) is 12.1 Å². The van der Waals surface area contributed by atoms with Gasteiger partial charge in [-0.05, 0) is 80.1 Å². The molecule has 8 nitrogen and oxygen atoms in total. The Balaban J connectivity index is 1.61. The minimum Gasteiger partial charge on any atom is -0.495 e. The Morgan fingerprint density at radius 2 is 1.11 bits per heavy atom. The summed E-state index contributed by atoms with van der Waals surface area (Å²) in [5, 5.41) is 5.89. The number of methoxy groups -OCH3 is 2. The number of ether oxygens (including phenoxy) is 2. The summed E-state index contributed by atoms with van der Waals surface area (Å²) in [6, 6.07) is 14.5. The minimum absolute atomic E-state index is 0.230. The van der Waals surface area contributed by atoms with Gasteiger partial charge in [0.2, 0.25) is 0 Å². The smallest absolute Gasteiger partial charge is 0.274 e. The van der Waals surface area contributed by atoms with Crippen molar-refractivity contribution in [3.8, 4) is 22.6 Å². The van der Waals surface area contributed by atoms with Crippen molar-refractivity contribution >= 4 is 55.0 Å². The molecule has 0 aliphatic carbocycles. The molecule has 4 aromatic rings. The van der Waals surface area contributed by atoms with Crippen LogP contribution in [-0.2, 0) is 0 Å². The maximum atomic E-state index is 12.9. The topological polar surface area (TPSA) is 102 Å². The summed E-state index contributed by atoms with van der Waals surface area (Å²) in [5.41, 5.74) is 5.34. The number of carbonyl (C=O) groups excluding carboxylic acids is 2. The van der Waals surface area contributed by atoms with Crippen LogP contribution in [0.25, 0.3) is 11.1 Å². The van der Waals surface area contributed by atoms with Gasteiger partial charge in [0.1, 0.15) is 22.9 Å². The maximum absolute atomic E-state index is 12.9.